The number of hydrazone groups is 1. The molecule has 0 aliphatic carbocycles. The van der Waals surface area contributed by atoms with Crippen molar-refractivity contribution in [3.05, 3.63) is 23.8 Å². The van der Waals surface area contributed by atoms with Crippen molar-refractivity contribution in [2.45, 2.75) is 56.4 Å². The summed E-state index contributed by atoms with van der Waals surface area (Å²) in [6.07, 6.45) is 3.15. The van der Waals surface area contributed by atoms with E-state index in [1.54, 1.807) is 19.1 Å². The van der Waals surface area contributed by atoms with Gasteiger partial charge in [0.05, 0.1) is 22.4 Å². The molecule has 0 saturated carbocycles. The van der Waals surface area contributed by atoms with Gasteiger partial charge >= 0.3 is 0 Å². The van der Waals surface area contributed by atoms with Crippen LogP contribution in [0.1, 0.15) is 44.1 Å². The van der Waals surface area contributed by atoms with Gasteiger partial charge in [0, 0.05) is 31.6 Å². The lowest BCUT2D eigenvalue weighted by atomic mass is 10.1. The van der Waals surface area contributed by atoms with Crippen molar-refractivity contribution in [3.63, 3.8) is 0 Å². The number of aryl methyl sites for hydroxylation is 1. The van der Waals surface area contributed by atoms with Gasteiger partial charge in [-0.05, 0) is 43.9 Å². The van der Waals surface area contributed by atoms with Crippen LogP contribution in [0.4, 0.5) is 5.69 Å². The molecule has 3 aliphatic heterocycles. The van der Waals surface area contributed by atoms with Crippen LogP contribution in [-0.4, -0.2) is 74.3 Å². The first-order chi connectivity index (χ1) is 15.6. The van der Waals surface area contributed by atoms with E-state index >= 15 is 0 Å². The lowest BCUT2D eigenvalue weighted by Crippen LogP contribution is -2.42. The van der Waals surface area contributed by atoms with Gasteiger partial charge in [0.25, 0.3) is 5.91 Å². The molecule has 4 rings (SSSR count). The molecule has 2 fully saturated rings. The van der Waals surface area contributed by atoms with E-state index in [4.69, 9.17) is 0 Å². The number of hydrogen-bond acceptors (Lipinski definition) is 7. The number of amides is 2. The predicted molar refractivity (Wildman–Crippen MR) is 123 cm³/mol. The standard InChI is InChI=1S/C21H28N4O6S2/c1-15-5-6-16(13-19(15)33(30,31)24-10-3-2-4-11-24)22-21(27)18-7-8-20(26)25(23-18)17-9-12-32(28,29)14-17/h5-6,13,17H,2-4,7-12,14H2,1H3,(H,22,27)/t17-/m0/s1. The Morgan fingerprint density at radius 3 is 2.55 bits per heavy atom. The maximum Gasteiger partial charge on any atom is 0.271 e. The minimum atomic E-state index is -3.67. The van der Waals surface area contributed by atoms with Crippen molar-refractivity contribution < 1.29 is 26.4 Å². The summed E-state index contributed by atoms with van der Waals surface area (Å²) in [5.74, 6) is -1.01. The van der Waals surface area contributed by atoms with Crippen LogP contribution < -0.4 is 5.32 Å². The highest BCUT2D eigenvalue weighted by atomic mass is 32.2. The van der Waals surface area contributed by atoms with E-state index in [1.165, 1.54) is 10.4 Å². The molecule has 0 radical (unpaired) electrons. The third-order valence-corrected chi connectivity index (χ3v) is 10.0. The molecule has 1 aromatic carbocycles. The molecule has 0 spiro atoms. The summed E-state index contributed by atoms with van der Waals surface area (Å²) in [6.45, 7) is 2.68. The van der Waals surface area contributed by atoms with Gasteiger partial charge < -0.3 is 5.32 Å². The van der Waals surface area contributed by atoms with Gasteiger partial charge in [-0.1, -0.05) is 12.5 Å². The summed E-state index contributed by atoms with van der Waals surface area (Å²) in [6, 6.07) is 4.16. The zero-order valence-corrected chi connectivity index (χ0v) is 20.1. The predicted octanol–water partition coefficient (Wildman–Crippen LogP) is 1.27. The topological polar surface area (TPSA) is 133 Å². The molecule has 3 heterocycles. The van der Waals surface area contributed by atoms with Crippen LogP contribution in [0.2, 0.25) is 0 Å². The molecule has 10 nitrogen and oxygen atoms in total. The van der Waals surface area contributed by atoms with Crippen LogP contribution in [0.25, 0.3) is 0 Å². The van der Waals surface area contributed by atoms with Crippen molar-refractivity contribution >= 4 is 43.1 Å². The van der Waals surface area contributed by atoms with Crippen molar-refractivity contribution in [3.8, 4) is 0 Å². The molecular formula is C21H28N4O6S2. The molecular weight excluding hydrogens is 468 g/mol. The maximum atomic E-state index is 13.1. The van der Waals surface area contributed by atoms with Crippen molar-refractivity contribution in [2.24, 2.45) is 5.10 Å². The Labute approximate surface area is 194 Å². The molecule has 1 N–H and O–H groups in total. The Morgan fingerprint density at radius 2 is 1.88 bits per heavy atom. The molecule has 2 saturated heterocycles. The number of benzene rings is 1. The van der Waals surface area contributed by atoms with Gasteiger partial charge in [-0.3, -0.25) is 9.59 Å². The second-order valence-corrected chi connectivity index (χ2v) is 12.9. The van der Waals surface area contributed by atoms with Gasteiger partial charge in [0.1, 0.15) is 5.71 Å². The van der Waals surface area contributed by atoms with Crippen molar-refractivity contribution in [1.82, 2.24) is 9.31 Å². The molecule has 33 heavy (non-hydrogen) atoms. The number of sulfone groups is 1. The second-order valence-electron chi connectivity index (χ2n) is 8.74. The summed E-state index contributed by atoms with van der Waals surface area (Å²) < 4.78 is 51.3. The molecule has 0 unspecified atom stereocenters. The van der Waals surface area contributed by atoms with E-state index in [9.17, 15) is 26.4 Å². The molecule has 12 heteroatoms. The van der Waals surface area contributed by atoms with Gasteiger partial charge in [-0.25, -0.2) is 21.8 Å². The van der Waals surface area contributed by atoms with E-state index in [-0.39, 0.29) is 40.9 Å². The maximum absolute atomic E-state index is 13.1. The monoisotopic (exact) mass is 496 g/mol. The zero-order chi connectivity index (χ0) is 23.8. The van der Waals surface area contributed by atoms with Crippen molar-refractivity contribution in [2.75, 3.05) is 29.9 Å². The number of sulfonamides is 1. The van der Waals surface area contributed by atoms with E-state index in [0.29, 0.717) is 30.8 Å². The number of anilines is 1. The number of carbonyl (C=O) groups is 2. The smallest absolute Gasteiger partial charge is 0.271 e. The average molecular weight is 497 g/mol. The SMILES string of the molecule is Cc1ccc(NC(=O)C2=NN([C@H]3CCS(=O)(=O)C3)C(=O)CC2)cc1S(=O)(=O)N1CCCCC1. The minimum Gasteiger partial charge on any atom is -0.321 e. The van der Waals surface area contributed by atoms with Crippen molar-refractivity contribution in [1.29, 1.82) is 0 Å². The lowest BCUT2D eigenvalue weighted by molar-refractivity contribution is -0.133. The summed E-state index contributed by atoms with van der Waals surface area (Å²) in [5, 5.41) is 7.98. The number of carbonyl (C=O) groups excluding carboxylic acids is 2. The summed E-state index contributed by atoms with van der Waals surface area (Å²) in [4.78, 5) is 25.3. The van der Waals surface area contributed by atoms with E-state index < -0.39 is 31.8 Å². The van der Waals surface area contributed by atoms with Gasteiger partial charge in [-0.2, -0.15) is 9.41 Å². The first-order valence-corrected chi connectivity index (χ1v) is 14.3. The fourth-order valence-corrected chi connectivity index (χ4v) is 7.85. The van der Waals surface area contributed by atoms with Gasteiger partial charge in [0.15, 0.2) is 9.84 Å². The van der Waals surface area contributed by atoms with Crippen LogP contribution in [0.15, 0.2) is 28.2 Å². The third kappa shape index (κ3) is 5.12. The van der Waals surface area contributed by atoms with Crippen LogP contribution in [-0.2, 0) is 29.4 Å². The van der Waals surface area contributed by atoms with Crippen LogP contribution >= 0.6 is 0 Å². The summed E-state index contributed by atoms with van der Waals surface area (Å²) in [5.41, 5.74) is 1.02. The van der Waals surface area contributed by atoms with Crippen LogP contribution in [0, 0.1) is 6.92 Å². The first-order valence-electron chi connectivity index (χ1n) is 11.1. The number of piperidine rings is 1. The highest BCUT2D eigenvalue weighted by molar-refractivity contribution is 7.91. The van der Waals surface area contributed by atoms with Crippen LogP contribution in [0.3, 0.4) is 0 Å². The second kappa shape index (κ2) is 9.15. The lowest BCUT2D eigenvalue weighted by Gasteiger charge is -2.28. The minimum absolute atomic E-state index is 0.00384. The number of nitrogens with zero attached hydrogens (tertiary/aromatic N) is 3. The fraction of sp³-hybridized carbons (Fsp3) is 0.571. The Balaban J connectivity index is 1.53. The molecule has 180 valence electrons. The Hall–Kier alpha value is -2.31. The van der Waals surface area contributed by atoms with E-state index in [2.05, 4.69) is 10.4 Å². The quantitative estimate of drug-likeness (QED) is 0.653. The average Bonchev–Trinajstić information content (AvgIpc) is 3.15. The van der Waals surface area contributed by atoms with Gasteiger partial charge in [-0.15, -0.1) is 0 Å². The molecule has 0 aromatic heterocycles. The Kier molecular flexibility index (Phi) is 6.61. The summed E-state index contributed by atoms with van der Waals surface area (Å²) >= 11 is 0. The normalized spacial score (nSPS) is 23.9. The number of nitrogens with one attached hydrogen (secondary N) is 1. The molecule has 1 aromatic rings. The van der Waals surface area contributed by atoms with Crippen LogP contribution in [0.5, 0.6) is 0 Å². The molecule has 1 atom stereocenters. The Morgan fingerprint density at radius 1 is 1.15 bits per heavy atom. The number of hydrogen-bond donors (Lipinski definition) is 1. The van der Waals surface area contributed by atoms with E-state index in [1.807, 2.05) is 0 Å². The summed E-state index contributed by atoms with van der Waals surface area (Å²) in [7, 11) is -6.88. The molecule has 0 bridgehead atoms. The highest BCUT2D eigenvalue weighted by Gasteiger charge is 2.37. The fourth-order valence-electron chi connectivity index (χ4n) is 4.39. The largest absolute Gasteiger partial charge is 0.321 e. The first kappa shape index (κ1) is 23.8. The number of rotatable bonds is 5. The third-order valence-electron chi connectivity index (χ3n) is 6.25. The van der Waals surface area contributed by atoms with Gasteiger partial charge in [0.2, 0.25) is 15.9 Å². The molecule has 2 amide bonds. The highest BCUT2D eigenvalue weighted by Crippen LogP contribution is 2.27. The molecule has 3 aliphatic rings. The van der Waals surface area contributed by atoms with E-state index in [0.717, 1.165) is 24.3 Å². The zero-order valence-electron chi connectivity index (χ0n) is 18.5. The Bertz CT molecular complexity index is 1200.